The van der Waals surface area contributed by atoms with Crippen LogP contribution in [0.2, 0.25) is 0 Å². The van der Waals surface area contributed by atoms with Gasteiger partial charge in [-0.15, -0.1) is 0 Å². The van der Waals surface area contributed by atoms with Gasteiger partial charge in [-0.05, 0) is 57.2 Å². The van der Waals surface area contributed by atoms with Gasteiger partial charge >= 0.3 is 5.97 Å². The van der Waals surface area contributed by atoms with Crippen molar-refractivity contribution in [2.75, 3.05) is 14.2 Å². The van der Waals surface area contributed by atoms with E-state index in [4.69, 9.17) is 24.3 Å². The summed E-state index contributed by atoms with van der Waals surface area (Å²) in [5, 5.41) is 5.93. The second-order valence-electron chi connectivity index (χ2n) is 9.51. The maximum absolute atomic E-state index is 12.8. The van der Waals surface area contributed by atoms with Gasteiger partial charge in [0, 0.05) is 22.1 Å². The number of pyridine rings is 1. The molecule has 0 aliphatic carbocycles. The zero-order chi connectivity index (χ0) is 24.9. The van der Waals surface area contributed by atoms with Crippen molar-refractivity contribution in [3.63, 3.8) is 0 Å². The minimum atomic E-state index is -0.550. The van der Waals surface area contributed by atoms with Crippen molar-refractivity contribution < 1.29 is 19.0 Å². The average molecular weight is 470 g/mol. The second kappa shape index (κ2) is 8.27. The highest BCUT2D eigenvalue weighted by Gasteiger charge is 2.41. The van der Waals surface area contributed by atoms with Crippen LogP contribution in [-0.2, 0) is 15.1 Å². The highest BCUT2D eigenvalue weighted by atomic mass is 16.5. The highest BCUT2D eigenvalue weighted by Crippen LogP contribution is 2.52. The summed E-state index contributed by atoms with van der Waals surface area (Å²) in [4.78, 5) is 17.6. The predicted octanol–water partition coefficient (Wildman–Crippen LogP) is 5.83. The molecule has 0 saturated heterocycles. The van der Waals surface area contributed by atoms with Gasteiger partial charge in [0.05, 0.1) is 36.8 Å². The Kier molecular flexibility index (Phi) is 5.35. The standard InChI is InChI=1S/C28H27N3O4/c1-16(27(32)34-6)22-20-15-18-9-7-8-10-21(18)29-25(20)35-26-23(22)24(30-31(26)28(2,3)4)17-11-13-19(33-5)14-12-17/h7-15,22H,1H2,2-6H3/t22-/m0/s1. The number of carbonyl (C=O) groups excluding carboxylic acids is 1. The number of para-hydroxylation sites is 1. The molecule has 7 nitrogen and oxygen atoms in total. The van der Waals surface area contributed by atoms with Crippen molar-refractivity contribution >= 4 is 16.9 Å². The van der Waals surface area contributed by atoms with Gasteiger partial charge < -0.3 is 14.2 Å². The number of methoxy groups -OCH3 is 2. The van der Waals surface area contributed by atoms with Crippen molar-refractivity contribution in [3.05, 3.63) is 77.9 Å². The van der Waals surface area contributed by atoms with E-state index < -0.39 is 17.4 Å². The largest absolute Gasteiger partial charge is 0.497 e. The van der Waals surface area contributed by atoms with E-state index in [2.05, 4.69) is 27.4 Å². The molecule has 2 aromatic carbocycles. The normalized spacial score (nSPS) is 14.6. The molecule has 1 aliphatic heterocycles. The Morgan fingerprint density at radius 2 is 1.80 bits per heavy atom. The highest BCUT2D eigenvalue weighted by molar-refractivity contribution is 5.93. The average Bonchev–Trinajstić information content (AvgIpc) is 3.24. The predicted molar refractivity (Wildman–Crippen MR) is 134 cm³/mol. The van der Waals surface area contributed by atoms with Crippen molar-refractivity contribution in [2.24, 2.45) is 0 Å². The Bertz CT molecular complexity index is 1460. The van der Waals surface area contributed by atoms with E-state index in [1.54, 1.807) is 7.11 Å². The van der Waals surface area contributed by atoms with Gasteiger partial charge in [-0.25, -0.2) is 14.5 Å². The molecule has 0 spiro atoms. The molecule has 0 saturated carbocycles. The molecule has 0 bridgehead atoms. The maximum atomic E-state index is 12.8. The Morgan fingerprint density at radius 3 is 2.46 bits per heavy atom. The molecular weight excluding hydrogens is 442 g/mol. The van der Waals surface area contributed by atoms with E-state index in [1.807, 2.05) is 59.3 Å². The molecule has 0 unspecified atom stereocenters. The second-order valence-corrected chi connectivity index (χ2v) is 9.51. The zero-order valence-corrected chi connectivity index (χ0v) is 20.5. The molecule has 178 valence electrons. The van der Waals surface area contributed by atoms with Crippen LogP contribution in [-0.4, -0.2) is 35.0 Å². The smallest absolute Gasteiger partial charge is 0.334 e. The molecule has 35 heavy (non-hydrogen) atoms. The van der Waals surface area contributed by atoms with Crippen molar-refractivity contribution in [2.45, 2.75) is 32.2 Å². The van der Waals surface area contributed by atoms with Crippen LogP contribution in [0.1, 0.15) is 37.8 Å². The molecule has 0 amide bonds. The summed E-state index contributed by atoms with van der Waals surface area (Å²) < 4.78 is 18.7. The molecule has 7 heteroatoms. The lowest BCUT2D eigenvalue weighted by Gasteiger charge is -2.29. The summed E-state index contributed by atoms with van der Waals surface area (Å²) in [7, 11) is 2.99. The fourth-order valence-electron chi connectivity index (χ4n) is 4.45. The fourth-order valence-corrected chi connectivity index (χ4v) is 4.45. The molecule has 0 radical (unpaired) electrons. The monoisotopic (exact) mass is 469 g/mol. The molecule has 5 rings (SSSR count). The topological polar surface area (TPSA) is 75.5 Å². The van der Waals surface area contributed by atoms with E-state index in [-0.39, 0.29) is 0 Å². The van der Waals surface area contributed by atoms with Gasteiger partial charge in [0.1, 0.15) is 11.4 Å². The number of benzene rings is 2. The van der Waals surface area contributed by atoms with Crippen LogP contribution in [0.5, 0.6) is 17.5 Å². The molecule has 3 heterocycles. The van der Waals surface area contributed by atoms with Crippen LogP contribution in [0, 0.1) is 0 Å². The van der Waals surface area contributed by atoms with Crippen molar-refractivity contribution in [3.8, 4) is 28.8 Å². The van der Waals surface area contributed by atoms with Crippen LogP contribution in [0.15, 0.2) is 66.7 Å². The van der Waals surface area contributed by atoms with Gasteiger partial charge in [0.2, 0.25) is 11.8 Å². The van der Waals surface area contributed by atoms with Crippen LogP contribution >= 0.6 is 0 Å². The van der Waals surface area contributed by atoms with Crippen LogP contribution in [0.4, 0.5) is 0 Å². The summed E-state index contributed by atoms with van der Waals surface area (Å²) in [6.07, 6.45) is 0. The van der Waals surface area contributed by atoms with E-state index >= 15 is 0 Å². The van der Waals surface area contributed by atoms with Crippen molar-refractivity contribution in [1.29, 1.82) is 0 Å². The summed E-state index contributed by atoms with van der Waals surface area (Å²) in [5.74, 6) is 0.662. The molecule has 1 aliphatic rings. The Labute approximate surface area is 204 Å². The lowest BCUT2D eigenvalue weighted by Crippen LogP contribution is -2.25. The summed E-state index contributed by atoms with van der Waals surface area (Å²) in [6, 6.07) is 17.5. The van der Waals surface area contributed by atoms with Gasteiger partial charge in [-0.3, -0.25) is 0 Å². The molecule has 1 atom stereocenters. The Morgan fingerprint density at radius 1 is 1.09 bits per heavy atom. The number of fused-ring (bicyclic) bond motifs is 3. The van der Waals surface area contributed by atoms with E-state index in [9.17, 15) is 4.79 Å². The number of carbonyl (C=O) groups is 1. The minimum Gasteiger partial charge on any atom is -0.497 e. The third kappa shape index (κ3) is 3.73. The van der Waals surface area contributed by atoms with Gasteiger partial charge in [-0.2, -0.15) is 5.10 Å². The Hall–Kier alpha value is -4.13. The van der Waals surface area contributed by atoms with E-state index in [1.165, 1.54) is 7.11 Å². The van der Waals surface area contributed by atoms with E-state index in [0.717, 1.165) is 33.3 Å². The summed E-state index contributed by atoms with van der Waals surface area (Å²) >= 11 is 0. The number of rotatable bonds is 4. The third-order valence-electron chi connectivity index (χ3n) is 6.18. The number of nitrogens with zero attached hydrogens (tertiary/aromatic N) is 3. The lowest BCUT2D eigenvalue weighted by atomic mass is 9.82. The maximum Gasteiger partial charge on any atom is 0.334 e. The number of ether oxygens (including phenoxy) is 3. The van der Waals surface area contributed by atoms with Crippen LogP contribution < -0.4 is 9.47 Å². The molecule has 0 fully saturated rings. The van der Waals surface area contributed by atoms with Crippen LogP contribution in [0.3, 0.4) is 0 Å². The number of esters is 1. The molecule has 0 N–H and O–H groups in total. The first kappa shape index (κ1) is 22.7. The summed E-state index contributed by atoms with van der Waals surface area (Å²) in [5.41, 5.74) is 3.76. The SMILES string of the molecule is C=C(C(=O)OC)[C@H]1c2cc3ccccc3nc2Oc2c1c(-c1ccc(OC)cc1)nn2C(C)(C)C. The first-order valence-corrected chi connectivity index (χ1v) is 11.4. The first-order valence-electron chi connectivity index (χ1n) is 11.4. The quantitative estimate of drug-likeness (QED) is 0.277. The van der Waals surface area contributed by atoms with Gasteiger partial charge in [0.15, 0.2) is 0 Å². The number of aromatic nitrogens is 3. The third-order valence-corrected chi connectivity index (χ3v) is 6.18. The van der Waals surface area contributed by atoms with Crippen LogP contribution in [0.25, 0.3) is 22.2 Å². The molecule has 4 aromatic rings. The molecule has 2 aromatic heterocycles. The Balaban J connectivity index is 1.82. The molecular formula is C28H27N3O4. The zero-order valence-electron chi connectivity index (χ0n) is 20.5. The van der Waals surface area contributed by atoms with E-state index in [0.29, 0.717) is 23.0 Å². The van der Waals surface area contributed by atoms with Crippen molar-refractivity contribution in [1.82, 2.24) is 14.8 Å². The lowest BCUT2D eigenvalue weighted by molar-refractivity contribution is -0.136. The number of hydrogen-bond donors (Lipinski definition) is 0. The first-order chi connectivity index (χ1) is 16.7. The van der Waals surface area contributed by atoms with Gasteiger partial charge in [0.25, 0.3) is 0 Å². The minimum absolute atomic E-state index is 0.290. The van der Waals surface area contributed by atoms with Gasteiger partial charge in [-0.1, -0.05) is 24.8 Å². The summed E-state index contributed by atoms with van der Waals surface area (Å²) in [6.45, 7) is 10.3. The number of hydrogen-bond acceptors (Lipinski definition) is 6. The fraction of sp³-hybridized carbons (Fsp3) is 0.250.